The molecule has 0 atom stereocenters. The third kappa shape index (κ3) is 32.1. The van der Waals surface area contributed by atoms with Gasteiger partial charge in [-0.05, 0) is 204 Å². The smallest absolute Gasteiger partial charge is 0.506 e. The second kappa shape index (κ2) is 49.0. The van der Waals surface area contributed by atoms with Crippen molar-refractivity contribution in [2.24, 2.45) is 20.3 Å². The number of hydrogen-bond donors (Lipinski definition) is 10. The van der Waals surface area contributed by atoms with Crippen molar-refractivity contribution in [3.8, 4) is 82.0 Å². The number of aromatic hydroxyl groups is 4. The van der Waals surface area contributed by atoms with Crippen molar-refractivity contribution in [1.29, 1.82) is 0 Å². The molecule has 0 aliphatic rings. The number of nitrogens with one attached hydrogen (secondary N) is 3. The molecule has 4 aromatic carbocycles. The summed E-state index contributed by atoms with van der Waals surface area (Å²) >= 11 is 12.2. The number of Topliss-reactive ketones (excluding diaryl/α,β-unsaturated/α-hetero) is 4. The van der Waals surface area contributed by atoms with E-state index in [0.29, 0.717) is 80.5 Å². The fraction of sp³-hybridized carbons (Fsp3) is 0.211. The number of likely N-dealkylation sites (N-methyl/N-ethyl adjacent to an activating group) is 1. The van der Waals surface area contributed by atoms with E-state index in [9.17, 15) is 113 Å². The van der Waals surface area contributed by atoms with Gasteiger partial charge < -0.3 is 59.8 Å². The highest BCUT2D eigenvalue weighted by Gasteiger charge is 2.34. The molecule has 8 aromatic heterocycles. The minimum Gasteiger partial charge on any atom is -0.506 e. The number of amides is 4. The fourth-order valence-corrected chi connectivity index (χ4v) is 19.4. The Bertz CT molecular complexity index is 6570. The average molecular weight is 2130 g/mol. The van der Waals surface area contributed by atoms with Gasteiger partial charge in [0, 0.05) is 70.1 Å². The van der Waals surface area contributed by atoms with Crippen molar-refractivity contribution in [3.05, 3.63) is 233 Å². The standard InChI is InChI=1S/C23H20F3N3O6S2.C23H19F3N2O6S2.C22H21BrN2O3S2.C22H17F3N2O6S2/c1-12(15-11-36-20(19(15)32)13-3-5-14(6-4-13)35-23(24,25)26)27-28-21(33)16-7-8-17(37-16)22(34)29(2)10-9-18(30)31;1-12(27-28-22(33)18-10-9-17(36-18)16(29)3-2-4-19(30)31)15-11-35-21(20(15)32)13-5-7-14(8-6-13)34-23(24,25)26;1-13(16-12-29-22(21(16)28)14-4-6-15(23)7-5-14)24-10-17(26)19-8-9-20(30-19)18(27)11-25(2)3;1-11(26-27-21(32)17-8-7-16(35-17)15(28)6-9-18(29)30)14-10-34-20(19(14)31)12-2-4-13(5-3-12)33-22(23,24)25/h3-8,11,32H,9-10H2,1-2H3,(H,28,33)(H,30,31);5-11,32H,2-4H2,1H3,(H,28,33)(H,30,31);4-9,12,28H,10-11H2,1-3H3;2-5,7-8,10,31H,6,9H2,1H3,(H,27,32)(H,29,30)/b2*27-12+;;26-11+. The number of nitrogens with zero attached hydrogens (tertiary/aromatic N) is 6. The van der Waals surface area contributed by atoms with Gasteiger partial charge in [-0.2, -0.15) is 15.3 Å². The van der Waals surface area contributed by atoms with Crippen LogP contribution in [0.25, 0.3) is 41.8 Å². The third-order valence-corrected chi connectivity index (χ3v) is 27.5. The van der Waals surface area contributed by atoms with E-state index in [4.69, 9.17) is 15.3 Å². The van der Waals surface area contributed by atoms with E-state index < -0.39 is 72.1 Å². The van der Waals surface area contributed by atoms with Gasteiger partial charge in [0.25, 0.3) is 23.6 Å². The number of rotatable bonds is 36. The minimum atomic E-state index is -4.81. The molecule has 138 heavy (non-hydrogen) atoms. The molecular weight excluding hydrogens is 2050 g/mol. The first-order valence-corrected chi connectivity index (χ1v) is 47.3. The van der Waals surface area contributed by atoms with Crippen LogP contribution in [0, 0.1) is 0 Å². The Morgan fingerprint density at radius 2 is 0.652 bits per heavy atom. The minimum absolute atomic E-state index is 0.00704. The summed E-state index contributed by atoms with van der Waals surface area (Å²) in [6.07, 6.45) is -15.0. The third-order valence-electron chi connectivity index (χ3n) is 18.4. The summed E-state index contributed by atoms with van der Waals surface area (Å²) in [5, 5.41) is 87.0. The largest absolute Gasteiger partial charge is 0.573 e. The van der Waals surface area contributed by atoms with Crippen LogP contribution in [-0.2, 0) is 14.4 Å². The maximum absolute atomic E-state index is 12.5. The number of carboxylic acid groups (broad SMARTS) is 3. The molecule has 10 N–H and O–H groups in total. The molecule has 48 heteroatoms. The van der Waals surface area contributed by atoms with Gasteiger partial charge in [0.2, 0.25) is 0 Å². The number of halogens is 10. The van der Waals surface area contributed by atoms with E-state index in [1.165, 1.54) is 107 Å². The highest BCUT2D eigenvalue weighted by molar-refractivity contribution is 9.10. The van der Waals surface area contributed by atoms with Crippen molar-refractivity contribution < 1.29 is 142 Å². The Balaban J connectivity index is 0.000000206. The summed E-state index contributed by atoms with van der Waals surface area (Å²) in [6.45, 7) is 6.72. The van der Waals surface area contributed by atoms with Gasteiger partial charge in [-0.3, -0.25) is 57.7 Å². The molecule has 0 aliphatic carbocycles. The predicted octanol–water partition coefficient (Wildman–Crippen LogP) is 21.1. The maximum atomic E-state index is 12.5. The van der Waals surface area contributed by atoms with Gasteiger partial charge in [-0.25, -0.2) is 16.3 Å². The van der Waals surface area contributed by atoms with E-state index in [0.717, 1.165) is 119 Å². The molecule has 0 unspecified atom stereocenters. The predicted molar refractivity (Wildman–Crippen MR) is 510 cm³/mol. The van der Waals surface area contributed by atoms with Crippen LogP contribution in [0.15, 0.2) is 192 Å². The Labute approximate surface area is 817 Å². The summed E-state index contributed by atoms with van der Waals surface area (Å²) < 4.78 is 123. The van der Waals surface area contributed by atoms with E-state index in [1.807, 2.05) is 43.7 Å². The number of aliphatic imine (C=N–C) groups is 1. The van der Waals surface area contributed by atoms with Gasteiger partial charge in [0.1, 0.15) is 46.8 Å². The monoisotopic (exact) mass is 2130 g/mol. The number of carbonyl (C=O) groups excluding carboxylic acids is 8. The number of ether oxygens (including phenoxy) is 3. The van der Waals surface area contributed by atoms with Crippen LogP contribution in [0.5, 0.6) is 40.2 Å². The lowest BCUT2D eigenvalue weighted by Crippen LogP contribution is -2.28. The summed E-state index contributed by atoms with van der Waals surface area (Å²) in [4.78, 5) is 142. The maximum Gasteiger partial charge on any atom is 0.573 e. The summed E-state index contributed by atoms with van der Waals surface area (Å²) in [7, 11) is 5.12. The molecule has 12 rings (SSSR count). The van der Waals surface area contributed by atoms with Gasteiger partial charge in [-0.15, -0.1) is 130 Å². The Morgan fingerprint density at radius 1 is 0.362 bits per heavy atom. The molecule has 0 aliphatic heterocycles. The SMILES string of the molecule is C/C(=N\NC(=O)c1ccc(C(=O)CCC(=O)O)s1)c1csc(-c2ccc(OC(F)(F)F)cc2)c1O.C/C(=N\NC(=O)c1ccc(C(=O)CCCC(=O)O)s1)c1csc(-c2ccc(OC(F)(F)F)cc2)c1O.C/C(=N\NC(=O)c1ccc(C(=O)N(C)CCC(=O)O)s1)c1csc(-c2ccc(OC(F)(F)F)cc2)c1O.CC(=NCC(=O)c1ccc(C(=O)CN(C)C)s1)c1csc(-c2ccc(Br)cc2)c1O. The molecule has 8 heterocycles. The lowest BCUT2D eigenvalue weighted by molar-refractivity contribution is -0.275. The molecule has 0 bridgehead atoms. The molecule has 0 radical (unpaired) electrons. The van der Waals surface area contributed by atoms with Gasteiger partial charge in [-0.1, -0.05) is 28.1 Å². The van der Waals surface area contributed by atoms with E-state index in [1.54, 1.807) is 60.9 Å². The van der Waals surface area contributed by atoms with Crippen molar-refractivity contribution in [2.45, 2.75) is 85.3 Å². The molecule has 0 fully saturated rings. The molecule has 0 spiro atoms. The first kappa shape index (κ1) is 108. The van der Waals surface area contributed by atoms with Crippen molar-refractivity contribution in [3.63, 3.8) is 0 Å². The lowest BCUT2D eigenvalue weighted by atomic mass is 10.1. The molecule has 12 aromatic rings. The number of ketones is 4. The lowest BCUT2D eigenvalue weighted by Gasteiger charge is -2.14. The zero-order valence-corrected chi connectivity index (χ0v) is 80.7. The number of carbonyl (C=O) groups is 11. The average Bonchev–Trinajstić information content (AvgIpc) is 1.67. The topological polar surface area (TPSA) is 449 Å². The molecule has 4 amide bonds. The number of thiophene rings is 8. The van der Waals surface area contributed by atoms with Crippen molar-refractivity contribution >= 4 is 194 Å². The van der Waals surface area contributed by atoms with Gasteiger partial charge in [0.05, 0.1) is 112 Å². The van der Waals surface area contributed by atoms with Crippen LogP contribution in [0.2, 0.25) is 0 Å². The zero-order chi connectivity index (χ0) is 101. The normalized spacial score (nSPS) is 11.8. The Hall–Kier alpha value is -13.5. The van der Waals surface area contributed by atoms with Crippen LogP contribution in [0.1, 0.15) is 166 Å². The number of hydrogen-bond acceptors (Lipinski definition) is 31. The molecule has 0 saturated heterocycles. The highest BCUT2D eigenvalue weighted by Crippen LogP contribution is 2.45. The molecular formula is C90H77BrF9N9O21S8. The summed E-state index contributed by atoms with van der Waals surface area (Å²) in [6, 6.07) is 34.8. The summed E-state index contributed by atoms with van der Waals surface area (Å²) in [5.74, 6) is -7.53. The first-order valence-electron chi connectivity index (χ1n) is 39.7. The molecule has 0 saturated carbocycles. The van der Waals surface area contributed by atoms with Crippen molar-refractivity contribution in [2.75, 3.05) is 40.8 Å². The van der Waals surface area contributed by atoms with Crippen LogP contribution in [0.4, 0.5) is 39.5 Å². The van der Waals surface area contributed by atoms with E-state index in [-0.39, 0.29) is 145 Å². The van der Waals surface area contributed by atoms with E-state index >= 15 is 0 Å². The second-order valence-electron chi connectivity index (χ2n) is 28.9. The van der Waals surface area contributed by atoms with Crippen LogP contribution >= 0.6 is 107 Å². The molecule has 30 nitrogen and oxygen atoms in total. The number of carboxylic acids is 3. The Kier molecular flexibility index (Phi) is 38.4. The summed E-state index contributed by atoms with van der Waals surface area (Å²) in [5.41, 5.74) is 12.3. The highest BCUT2D eigenvalue weighted by atomic mass is 79.9. The first-order chi connectivity index (χ1) is 65.0. The quantitative estimate of drug-likeness (QED) is 0.00754. The number of hydrazone groups is 3. The zero-order valence-electron chi connectivity index (χ0n) is 72.6. The number of benzene rings is 4. The van der Waals surface area contributed by atoms with Gasteiger partial charge in [0.15, 0.2) is 23.1 Å². The van der Waals surface area contributed by atoms with Crippen LogP contribution in [0.3, 0.4) is 0 Å². The number of aliphatic carboxylic acids is 3. The second-order valence-corrected chi connectivity index (χ2v) is 37.7. The van der Waals surface area contributed by atoms with Crippen molar-refractivity contribution in [1.82, 2.24) is 26.1 Å². The Morgan fingerprint density at radius 3 is 0.986 bits per heavy atom. The fourth-order valence-electron chi connectivity index (χ4n) is 11.6. The number of alkyl halides is 9. The molecule has 726 valence electrons. The van der Waals surface area contributed by atoms with Gasteiger partial charge >= 0.3 is 37.0 Å². The van der Waals surface area contributed by atoms with Crippen LogP contribution in [-0.4, -0.2) is 193 Å². The van der Waals surface area contributed by atoms with E-state index in [2.05, 4.69) is 66.7 Å². The van der Waals surface area contributed by atoms with Crippen LogP contribution < -0.4 is 30.5 Å².